The van der Waals surface area contributed by atoms with Gasteiger partial charge < -0.3 is 0 Å². The molecule has 0 spiro atoms. The Bertz CT molecular complexity index is 170. The number of hydrogen-bond donors (Lipinski definition) is 0. The molecule has 1 nitrogen and oxygen atoms in total. The fourth-order valence-corrected chi connectivity index (χ4v) is 2.44. The van der Waals surface area contributed by atoms with Crippen molar-refractivity contribution < 1.29 is 0 Å². The summed E-state index contributed by atoms with van der Waals surface area (Å²) in [4.78, 5) is 2.66. The quantitative estimate of drug-likeness (QED) is 0.584. The van der Waals surface area contributed by atoms with E-state index in [4.69, 9.17) is 0 Å². The first-order valence-corrected chi connectivity index (χ1v) is 5.35. The van der Waals surface area contributed by atoms with E-state index >= 15 is 0 Å². The van der Waals surface area contributed by atoms with Crippen molar-refractivity contribution in [2.24, 2.45) is 11.3 Å². The first-order valence-electron chi connectivity index (χ1n) is 5.35. The van der Waals surface area contributed by atoms with Crippen molar-refractivity contribution in [2.45, 2.75) is 46.1 Å². The molecule has 2 aliphatic rings. The van der Waals surface area contributed by atoms with Crippen LogP contribution in [0.4, 0.5) is 0 Å². The average molecular weight is 167 g/mol. The third-order valence-electron chi connectivity index (χ3n) is 3.67. The SMILES string of the molecule is CC(C)[C@@H]1CN1CC1(C)CCC1. The fourth-order valence-electron chi connectivity index (χ4n) is 2.44. The number of hydrogen-bond acceptors (Lipinski definition) is 1. The highest BCUT2D eigenvalue weighted by Gasteiger charge is 2.42. The topological polar surface area (TPSA) is 3.01 Å². The molecule has 2 rings (SSSR count). The first kappa shape index (κ1) is 8.55. The van der Waals surface area contributed by atoms with E-state index in [0.717, 1.165) is 12.0 Å². The molecule has 1 saturated heterocycles. The zero-order chi connectivity index (χ0) is 8.77. The van der Waals surface area contributed by atoms with Crippen LogP contribution in [0.2, 0.25) is 0 Å². The van der Waals surface area contributed by atoms with Gasteiger partial charge in [-0.1, -0.05) is 27.2 Å². The second-order valence-corrected chi connectivity index (χ2v) is 5.41. The van der Waals surface area contributed by atoms with Gasteiger partial charge in [0.2, 0.25) is 0 Å². The Morgan fingerprint density at radius 2 is 2.08 bits per heavy atom. The second kappa shape index (κ2) is 2.73. The standard InChI is InChI=1S/C11H21N/c1-9(2)10-7-12(10)8-11(3)5-4-6-11/h9-10H,4-8H2,1-3H3/t10-,12?/m0/s1. The van der Waals surface area contributed by atoms with Crippen LogP contribution in [0.1, 0.15) is 40.0 Å². The fraction of sp³-hybridized carbons (Fsp3) is 1.00. The normalized spacial score (nSPS) is 38.0. The van der Waals surface area contributed by atoms with Crippen molar-refractivity contribution in [3.8, 4) is 0 Å². The zero-order valence-electron chi connectivity index (χ0n) is 8.64. The molecule has 70 valence electrons. The average Bonchev–Trinajstić information content (AvgIpc) is 2.64. The summed E-state index contributed by atoms with van der Waals surface area (Å²) in [5.41, 5.74) is 0.698. The lowest BCUT2D eigenvalue weighted by Crippen LogP contribution is -2.34. The summed E-state index contributed by atoms with van der Waals surface area (Å²) in [6, 6.07) is 0.919. The maximum Gasteiger partial charge on any atom is 0.0247 e. The Balaban J connectivity index is 1.76. The first-order chi connectivity index (χ1) is 5.61. The van der Waals surface area contributed by atoms with E-state index in [0.29, 0.717) is 5.41 Å². The third kappa shape index (κ3) is 1.52. The Morgan fingerprint density at radius 3 is 2.42 bits per heavy atom. The molecule has 1 aliphatic carbocycles. The zero-order valence-corrected chi connectivity index (χ0v) is 8.64. The van der Waals surface area contributed by atoms with Gasteiger partial charge in [0, 0.05) is 19.1 Å². The van der Waals surface area contributed by atoms with E-state index in [1.165, 1.54) is 32.4 Å². The minimum atomic E-state index is 0.698. The largest absolute Gasteiger partial charge is 0.297 e. The summed E-state index contributed by atoms with van der Waals surface area (Å²) >= 11 is 0. The molecule has 0 N–H and O–H groups in total. The molecule has 2 atom stereocenters. The molecule has 1 unspecified atom stereocenters. The summed E-state index contributed by atoms with van der Waals surface area (Å²) in [7, 11) is 0. The van der Waals surface area contributed by atoms with Crippen LogP contribution in [0.5, 0.6) is 0 Å². The van der Waals surface area contributed by atoms with Crippen molar-refractivity contribution in [3.05, 3.63) is 0 Å². The van der Waals surface area contributed by atoms with Crippen LogP contribution in [0.25, 0.3) is 0 Å². The molecule has 12 heavy (non-hydrogen) atoms. The molecule has 0 aromatic heterocycles. The van der Waals surface area contributed by atoms with Crippen molar-refractivity contribution in [1.29, 1.82) is 0 Å². The Hall–Kier alpha value is -0.0400. The predicted molar refractivity (Wildman–Crippen MR) is 52.2 cm³/mol. The van der Waals surface area contributed by atoms with Crippen LogP contribution in [-0.2, 0) is 0 Å². The molecule has 0 bridgehead atoms. The molecule has 1 heteroatoms. The molecular formula is C11H21N. The lowest BCUT2D eigenvalue weighted by Gasteiger charge is -2.39. The Morgan fingerprint density at radius 1 is 1.42 bits per heavy atom. The highest BCUT2D eigenvalue weighted by molar-refractivity contribution is 4.97. The molecule has 2 fully saturated rings. The van der Waals surface area contributed by atoms with E-state index in [-0.39, 0.29) is 0 Å². The molecule has 1 saturated carbocycles. The van der Waals surface area contributed by atoms with Crippen LogP contribution < -0.4 is 0 Å². The maximum atomic E-state index is 2.66. The Labute approximate surface area is 76.1 Å². The minimum absolute atomic E-state index is 0.698. The molecular weight excluding hydrogens is 146 g/mol. The van der Waals surface area contributed by atoms with E-state index in [9.17, 15) is 0 Å². The molecule has 0 aromatic rings. The molecule has 0 amide bonds. The van der Waals surface area contributed by atoms with Gasteiger partial charge in [0.25, 0.3) is 0 Å². The Kier molecular flexibility index (Phi) is 1.95. The van der Waals surface area contributed by atoms with Gasteiger partial charge in [0.15, 0.2) is 0 Å². The lowest BCUT2D eigenvalue weighted by molar-refractivity contribution is 0.126. The van der Waals surface area contributed by atoms with Crippen LogP contribution in [-0.4, -0.2) is 24.0 Å². The van der Waals surface area contributed by atoms with E-state index in [1.807, 2.05) is 0 Å². The van der Waals surface area contributed by atoms with Crippen molar-refractivity contribution in [1.82, 2.24) is 4.90 Å². The maximum absolute atomic E-state index is 2.66. The van der Waals surface area contributed by atoms with Crippen LogP contribution in [0, 0.1) is 11.3 Å². The van der Waals surface area contributed by atoms with E-state index in [2.05, 4.69) is 25.7 Å². The van der Waals surface area contributed by atoms with Gasteiger partial charge in [-0.3, -0.25) is 4.90 Å². The molecule has 1 aliphatic heterocycles. The minimum Gasteiger partial charge on any atom is -0.297 e. The molecule has 0 radical (unpaired) electrons. The summed E-state index contributed by atoms with van der Waals surface area (Å²) in [6.45, 7) is 9.87. The van der Waals surface area contributed by atoms with Crippen LogP contribution in [0.3, 0.4) is 0 Å². The van der Waals surface area contributed by atoms with Crippen LogP contribution in [0.15, 0.2) is 0 Å². The van der Waals surface area contributed by atoms with Gasteiger partial charge in [0.1, 0.15) is 0 Å². The van der Waals surface area contributed by atoms with Gasteiger partial charge in [0.05, 0.1) is 0 Å². The number of rotatable bonds is 3. The number of nitrogens with zero attached hydrogens (tertiary/aromatic N) is 1. The monoisotopic (exact) mass is 167 g/mol. The smallest absolute Gasteiger partial charge is 0.0247 e. The summed E-state index contributed by atoms with van der Waals surface area (Å²) in [5, 5.41) is 0. The van der Waals surface area contributed by atoms with Gasteiger partial charge in [-0.25, -0.2) is 0 Å². The van der Waals surface area contributed by atoms with Gasteiger partial charge in [-0.15, -0.1) is 0 Å². The van der Waals surface area contributed by atoms with E-state index in [1.54, 1.807) is 0 Å². The predicted octanol–water partition coefficient (Wildman–Crippen LogP) is 2.52. The van der Waals surface area contributed by atoms with Gasteiger partial charge >= 0.3 is 0 Å². The summed E-state index contributed by atoms with van der Waals surface area (Å²) in [6.07, 6.45) is 4.40. The van der Waals surface area contributed by atoms with Crippen molar-refractivity contribution in [2.75, 3.05) is 13.1 Å². The van der Waals surface area contributed by atoms with E-state index < -0.39 is 0 Å². The highest BCUT2D eigenvalue weighted by atomic mass is 15.3. The second-order valence-electron chi connectivity index (χ2n) is 5.41. The highest BCUT2D eigenvalue weighted by Crippen LogP contribution is 2.43. The summed E-state index contributed by atoms with van der Waals surface area (Å²) in [5.74, 6) is 0.869. The third-order valence-corrected chi connectivity index (χ3v) is 3.67. The van der Waals surface area contributed by atoms with Gasteiger partial charge in [-0.05, 0) is 24.2 Å². The van der Waals surface area contributed by atoms with Crippen LogP contribution >= 0.6 is 0 Å². The molecule has 0 aromatic carbocycles. The lowest BCUT2D eigenvalue weighted by atomic mass is 9.70. The van der Waals surface area contributed by atoms with Crippen molar-refractivity contribution in [3.63, 3.8) is 0 Å². The molecule has 1 heterocycles. The van der Waals surface area contributed by atoms with Gasteiger partial charge in [-0.2, -0.15) is 0 Å². The van der Waals surface area contributed by atoms with Crippen molar-refractivity contribution >= 4 is 0 Å². The summed E-state index contributed by atoms with van der Waals surface area (Å²) < 4.78 is 0.